The van der Waals surface area contributed by atoms with E-state index in [1.165, 1.54) is 6.07 Å². The number of guanidine groups is 1. The van der Waals surface area contributed by atoms with Gasteiger partial charge >= 0.3 is 5.97 Å². The summed E-state index contributed by atoms with van der Waals surface area (Å²) in [6.45, 7) is 6.44. The first kappa shape index (κ1) is 20.0. The summed E-state index contributed by atoms with van der Waals surface area (Å²) in [5, 5.41) is 3.26. The molecule has 6 nitrogen and oxygen atoms in total. The fourth-order valence-electron chi connectivity index (χ4n) is 3.03. The number of esters is 1. The zero-order chi connectivity index (χ0) is 18.9. The SMILES string of the molecule is CCOC(=O)C1CCN(C(=NC)NCc2ccc(OCC)c(F)c2)CC1. The smallest absolute Gasteiger partial charge is 0.309 e. The van der Waals surface area contributed by atoms with Crippen LogP contribution in [0.15, 0.2) is 23.2 Å². The highest BCUT2D eigenvalue weighted by atomic mass is 19.1. The Morgan fingerprint density at radius 1 is 1.31 bits per heavy atom. The van der Waals surface area contributed by atoms with Crippen LogP contribution in [0.25, 0.3) is 0 Å². The average Bonchev–Trinajstić information content (AvgIpc) is 2.65. The molecule has 1 aromatic carbocycles. The van der Waals surface area contributed by atoms with Crippen molar-refractivity contribution in [3.05, 3.63) is 29.6 Å². The molecule has 144 valence electrons. The Kier molecular flexibility index (Phi) is 7.69. The lowest BCUT2D eigenvalue weighted by Crippen LogP contribution is -2.46. The summed E-state index contributed by atoms with van der Waals surface area (Å²) in [4.78, 5) is 18.2. The number of carbonyl (C=O) groups excluding carboxylic acids is 1. The zero-order valence-electron chi connectivity index (χ0n) is 15.8. The maximum atomic E-state index is 13.9. The predicted octanol–water partition coefficient (Wildman–Crippen LogP) is 2.57. The van der Waals surface area contributed by atoms with E-state index < -0.39 is 0 Å². The van der Waals surface area contributed by atoms with Crippen LogP contribution in [0.4, 0.5) is 4.39 Å². The Morgan fingerprint density at radius 3 is 2.62 bits per heavy atom. The Labute approximate surface area is 154 Å². The van der Waals surface area contributed by atoms with E-state index in [-0.39, 0.29) is 23.5 Å². The number of carbonyl (C=O) groups is 1. The highest BCUT2D eigenvalue weighted by Crippen LogP contribution is 2.20. The first-order chi connectivity index (χ1) is 12.6. The molecule has 1 saturated heterocycles. The predicted molar refractivity (Wildman–Crippen MR) is 98.7 cm³/mol. The van der Waals surface area contributed by atoms with Crippen LogP contribution in [-0.4, -0.2) is 50.2 Å². The first-order valence-corrected chi connectivity index (χ1v) is 9.12. The fraction of sp³-hybridized carbons (Fsp3) is 0.579. The van der Waals surface area contributed by atoms with Crippen LogP contribution in [-0.2, 0) is 16.1 Å². The quantitative estimate of drug-likeness (QED) is 0.477. The third kappa shape index (κ3) is 5.34. The lowest BCUT2D eigenvalue weighted by Gasteiger charge is -2.33. The van der Waals surface area contributed by atoms with Crippen molar-refractivity contribution >= 4 is 11.9 Å². The van der Waals surface area contributed by atoms with Gasteiger partial charge in [-0.15, -0.1) is 0 Å². The second kappa shape index (κ2) is 9.99. The van der Waals surface area contributed by atoms with E-state index in [4.69, 9.17) is 9.47 Å². The number of hydrogen-bond acceptors (Lipinski definition) is 4. The summed E-state index contributed by atoms with van der Waals surface area (Å²) in [6, 6.07) is 4.95. The average molecular weight is 365 g/mol. The molecular formula is C19H28FN3O3. The molecular weight excluding hydrogens is 337 g/mol. The lowest BCUT2D eigenvalue weighted by molar-refractivity contribution is -0.149. The van der Waals surface area contributed by atoms with Gasteiger partial charge in [0.05, 0.1) is 19.1 Å². The number of aliphatic imine (C=N–C) groups is 1. The minimum absolute atomic E-state index is 0.0375. The minimum Gasteiger partial charge on any atom is -0.491 e. The summed E-state index contributed by atoms with van der Waals surface area (Å²) in [5.74, 6) is 0.504. The number of ether oxygens (including phenoxy) is 2. The van der Waals surface area contributed by atoms with Crippen molar-refractivity contribution in [3.63, 3.8) is 0 Å². The van der Waals surface area contributed by atoms with Crippen molar-refractivity contribution in [3.8, 4) is 5.75 Å². The molecule has 0 aliphatic carbocycles. The van der Waals surface area contributed by atoms with E-state index in [1.807, 2.05) is 19.9 Å². The summed E-state index contributed by atoms with van der Waals surface area (Å²) < 4.78 is 24.3. The number of benzene rings is 1. The Balaban J connectivity index is 1.87. The third-order valence-corrected chi connectivity index (χ3v) is 4.37. The number of likely N-dealkylation sites (tertiary alicyclic amines) is 1. The van der Waals surface area contributed by atoms with Crippen molar-refractivity contribution < 1.29 is 18.7 Å². The summed E-state index contributed by atoms with van der Waals surface area (Å²) in [5.41, 5.74) is 0.813. The Morgan fingerprint density at radius 2 is 2.04 bits per heavy atom. The molecule has 26 heavy (non-hydrogen) atoms. The molecule has 1 fully saturated rings. The standard InChI is InChI=1S/C19H28FN3O3/c1-4-25-17-7-6-14(12-16(17)20)13-22-19(21-3)23-10-8-15(9-11-23)18(24)26-5-2/h6-7,12,15H,4-5,8-11,13H2,1-3H3,(H,21,22). The van der Waals surface area contributed by atoms with E-state index in [9.17, 15) is 9.18 Å². The van der Waals surface area contributed by atoms with Gasteiger partial charge in [-0.3, -0.25) is 9.79 Å². The molecule has 0 radical (unpaired) electrons. The van der Waals surface area contributed by atoms with E-state index in [1.54, 1.807) is 13.1 Å². The molecule has 0 spiro atoms. The highest BCUT2D eigenvalue weighted by molar-refractivity contribution is 5.80. The number of rotatable bonds is 6. The third-order valence-electron chi connectivity index (χ3n) is 4.37. The highest BCUT2D eigenvalue weighted by Gasteiger charge is 2.27. The monoisotopic (exact) mass is 365 g/mol. The van der Waals surface area contributed by atoms with Gasteiger partial charge in [0, 0.05) is 26.7 Å². The van der Waals surface area contributed by atoms with Crippen molar-refractivity contribution in [2.45, 2.75) is 33.2 Å². The molecule has 1 N–H and O–H groups in total. The van der Waals surface area contributed by atoms with Crippen LogP contribution in [0.1, 0.15) is 32.3 Å². The van der Waals surface area contributed by atoms with Crippen LogP contribution in [0.2, 0.25) is 0 Å². The summed E-state index contributed by atoms with van der Waals surface area (Å²) in [6.07, 6.45) is 1.49. The van der Waals surface area contributed by atoms with Gasteiger partial charge in [0.1, 0.15) is 0 Å². The van der Waals surface area contributed by atoms with Gasteiger partial charge in [0.2, 0.25) is 0 Å². The van der Waals surface area contributed by atoms with E-state index in [0.717, 1.165) is 37.5 Å². The second-order valence-corrected chi connectivity index (χ2v) is 6.11. The van der Waals surface area contributed by atoms with Gasteiger partial charge in [0.25, 0.3) is 0 Å². The van der Waals surface area contributed by atoms with Crippen LogP contribution in [0, 0.1) is 11.7 Å². The molecule has 1 aliphatic heterocycles. The fourth-order valence-corrected chi connectivity index (χ4v) is 3.03. The van der Waals surface area contributed by atoms with Crippen molar-refractivity contribution in [1.29, 1.82) is 0 Å². The van der Waals surface area contributed by atoms with Crippen LogP contribution in [0.3, 0.4) is 0 Å². The van der Waals surface area contributed by atoms with Crippen molar-refractivity contribution in [2.24, 2.45) is 10.9 Å². The molecule has 7 heteroatoms. The maximum absolute atomic E-state index is 13.9. The van der Waals surface area contributed by atoms with Gasteiger partial charge < -0.3 is 19.7 Å². The van der Waals surface area contributed by atoms with Gasteiger partial charge in [0.15, 0.2) is 17.5 Å². The largest absolute Gasteiger partial charge is 0.491 e. The van der Waals surface area contributed by atoms with Crippen LogP contribution < -0.4 is 10.1 Å². The van der Waals surface area contributed by atoms with E-state index >= 15 is 0 Å². The number of halogens is 1. The molecule has 1 aromatic rings. The topological polar surface area (TPSA) is 63.2 Å². The number of nitrogens with zero attached hydrogens (tertiary/aromatic N) is 2. The molecule has 0 aromatic heterocycles. The molecule has 0 saturated carbocycles. The molecule has 0 amide bonds. The lowest BCUT2D eigenvalue weighted by atomic mass is 9.97. The van der Waals surface area contributed by atoms with Gasteiger partial charge in [-0.1, -0.05) is 6.07 Å². The van der Waals surface area contributed by atoms with Crippen molar-refractivity contribution in [1.82, 2.24) is 10.2 Å². The second-order valence-electron chi connectivity index (χ2n) is 6.11. The zero-order valence-corrected chi connectivity index (χ0v) is 15.8. The van der Waals surface area contributed by atoms with Gasteiger partial charge in [-0.05, 0) is 44.4 Å². The molecule has 1 heterocycles. The summed E-state index contributed by atoms with van der Waals surface area (Å²) >= 11 is 0. The van der Waals surface area contributed by atoms with Crippen LogP contribution in [0.5, 0.6) is 5.75 Å². The number of nitrogens with one attached hydrogen (secondary N) is 1. The van der Waals surface area contributed by atoms with Crippen molar-refractivity contribution in [2.75, 3.05) is 33.4 Å². The first-order valence-electron chi connectivity index (χ1n) is 9.12. The molecule has 0 unspecified atom stereocenters. The van der Waals surface area contributed by atoms with E-state index in [2.05, 4.69) is 15.2 Å². The number of piperidine rings is 1. The molecule has 0 atom stereocenters. The van der Waals surface area contributed by atoms with Crippen LogP contribution >= 0.6 is 0 Å². The maximum Gasteiger partial charge on any atom is 0.309 e. The molecule has 0 bridgehead atoms. The summed E-state index contributed by atoms with van der Waals surface area (Å²) in [7, 11) is 1.72. The Hall–Kier alpha value is -2.31. The van der Waals surface area contributed by atoms with Gasteiger partial charge in [-0.25, -0.2) is 4.39 Å². The molecule has 2 rings (SSSR count). The van der Waals surface area contributed by atoms with Gasteiger partial charge in [-0.2, -0.15) is 0 Å². The number of hydrogen-bond donors (Lipinski definition) is 1. The molecule has 1 aliphatic rings. The van der Waals surface area contributed by atoms with E-state index in [0.29, 0.717) is 19.8 Å². The minimum atomic E-state index is -0.364. The Bertz CT molecular complexity index is 628. The normalized spacial score (nSPS) is 15.7.